The van der Waals surface area contributed by atoms with Crippen molar-refractivity contribution in [2.24, 2.45) is 0 Å². The van der Waals surface area contributed by atoms with Crippen molar-refractivity contribution < 1.29 is 4.79 Å². The van der Waals surface area contributed by atoms with Gasteiger partial charge in [0.2, 0.25) is 5.82 Å². The fourth-order valence-electron chi connectivity index (χ4n) is 4.27. The summed E-state index contributed by atoms with van der Waals surface area (Å²) in [5, 5.41) is 4.67. The van der Waals surface area contributed by atoms with Crippen molar-refractivity contribution in [1.29, 1.82) is 0 Å². The highest BCUT2D eigenvalue weighted by molar-refractivity contribution is 5.91. The first-order valence-corrected chi connectivity index (χ1v) is 10.7. The first-order chi connectivity index (χ1) is 14.6. The van der Waals surface area contributed by atoms with Gasteiger partial charge in [0.05, 0.1) is 11.7 Å². The SMILES string of the molecule is CN(C)c1cccc(C2CCCN2C(=O)c2nc(C3CC3)n(-c3ccccc3)n2)c1. The third kappa shape index (κ3) is 3.47. The minimum Gasteiger partial charge on any atom is -0.378 e. The van der Waals surface area contributed by atoms with Crippen molar-refractivity contribution in [2.45, 2.75) is 37.6 Å². The lowest BCUT2D eigenvalue weighted by molar-refractivity contribution is 0.0723. The van der Waals surface area contributed by atoms with E-state index in [0.717, 1.165) is 49.4 Å². The maximum atomic E-state index is 13.5. The highest BCUT2D eigenvalue weighted by Gasteiger charge is 2.36. The molecule has 1 aliphatic carbocycles. The van der Waals surface area contributed by atoms with E-state index in [0.29, 0.717) is 11.7 Å². The molecule has 1 unspecified atom stereocenters. The highest BCUT2D eigenvalue weighted by Crippen LogP contribution is 2.40. The summed E-state index contributed by atoms with van der Waals surface area (Å²) in [6, 6.07) is 18.5. The average Bonchev–Trinajstić information content (AvgIpc) is 3.33. The molecule has 1 atom stereocenters. The predicted molar refractivity (Wildman–Crippen MR) is 117 cm³/mol. The van der Waals surface area contributed by atoms with E-state index in [1.807, 2.05) is 54.0 Å². The molecule has 2 fully saturated rings. The minimum atomic E-state index is -0.0654. The molecule has 1 aliphatic heterocycles. The quantitative estimate of drug-likeness (QED) is 0.643. The Hall–Kier alpha value is -3.15. The van der Waals surface area contributed by atoms with Gasteiger partial charge in [0.15, 0.2) is 0 Å². The Morgan fingerprint density at radius 3 is 2.57 bits per heavy atom. The Morgan fingerprint density at radius 2 is 1.83 bits per heavy atom. The monoisotopic (exact) mass is 401 g/mol. The number of carbonyl (C=O) groups is 1. The van der Waals surface area contributed by atoms with E-state index in [1.54, 1.807) is 0 Å². The predicted octanol–water partition coefficient (Wildman–Crippen LogP) is 4.19. The van der Waals surface area contributed by atoms with Gasteiger partial charge in [-0.05, 0) is 55.5 Å². The molecule has 2 aromatic carbocycles. The van der Waals surface area contributed by atoms with Crippen LogP contribution in [-0.4, -0.2) is 46.2 Å². The van der Waals surface area contributed by atoms with Crippen LogP contribution >= 0.6 is 0 Å². The number of rotatable bonds is 5. The maximum absolute atomic E-state index is 13.5. The zero-order valence-electron chi connectivity index (χ0n) is 17.5. The zero-order valence-corrected chi connectivity index (χ0v) is 17.5. The van der Waals surface area contributed by atoms with Crippen LogP contribution in [0, 0.1) is 0 Å². The Labute approximate surface area is 177 Å². The Morgan fingerprint density at radius 1 is 1.03 bits per heavy atom. The topological polar surface area (TPSA) is 54.3 Å². The number of amides is 1. The lowest BCUT2D eigenvalue weighted by Crippen LogP contribution is -2.31. The van der Waals surface area contributed by atoms with E-state index in [4.69, 9.17) is 4.98 Å². The van der Waals surface area contributed by atoms with E-state index < -0.39 is 0 Å². The Balaban J connectivity index is 1.46. The van der Waals surface area contributed by atoms with Crippen LogP contribution in [0.5, 0.6) is 0 Å². The number of hydrogen-bond donors (Lipinski definition) is 0. The average molecular weight is 402 g/mol. The first kappa shape index (κ1) is 18.9. The fourth-order valence-corrected chi connectivity index (χ4v) is 4.27. The van der Waals surface area contributed by atoms with Crippen molar-refractivity contribution >= 4 is 11.6 Å². The summed E-state index contributed by atoms with van der Waals surface area (Å²) in [5.41, 5.74) is 3.29. The van der Waals surface area contributed by atoms with Crippen LogP contribution in [0.25, 0.3) is 5.69 Å². The second-order valence-electron chi connectivity index (χ2n) is 8.46. The lowest BCUT2D eigenvalue weighted by Gasteiger charge is -2.25. The molecule has 0 N–H and O–H groups in total. The van der Waals surface area contributed by atoms with Gasteiger partial charge in [-0.25, -0.2) is 9.67 Å². The molecule has 1 saturated carbocycles. The largest absolute Gasteiger partial charge is 0.378 e. The number of carbonyl (C=O) groups excluding carboxylic acids is 1. The maximum Gasteiger partial charge on any atom is 0.294 e. The molecule has 6 heteroatoms. The Bertz CT molecular complexity index is 1050. The van der Waals surface area contributed by atoms with Crippen molar-refractivity contribution in [2.75, 3.05) is 25.5 Å². The lowest BCUT2D eigenvalue weighted by atomic mass is 10.0. The molecule has 3 aromatic rings. The van der Waals surface area contributed by atoms with Gasteiger partial charge in [0.1, 0.15) is 5.82 Å². The van der Waals surface area contributed by atoms with Crippen molar-refractivity contribution in [3.63, 3.8) is 0 Å². The van der Waals surface area contributed by atoms with Gasteiger partial charge in [-0.1, -0.05) is 30.3 Å². The molecule has 0 radical (unpaired) electrons. The molecule has 5 rings (SSSR count). The van der Waals surface area contributed by atoms with Crippen molar-refractivity contribution in [3.8, 4) is 5.69 Å². The Kier molecular flexibility index (Phi) is 4.77. The fraction of sp³-hybridized carbons (Fsp3) is 0.375. The summed E-state index contributed by atoms with van der Waals surface area (Å²) in [6.07, 6.45) is 4.20. The van der Waals surface area contributed by atoms with Crippen LogP contribution in [0.3, 0.4) is 0 Å². The molecule has 0 bridgehead atoms. The van der Waals surface area contributed by atoms with Crippen molar-refractivity contribution in [1.82, 2.24) is 19.7 Å². The zero-order chi connectivity index (χ0) is 20.7. The van der Waals surface area contributed by atoms with Gasteiger partial charge in [-0.2, -0.15) is 0 Å². The molecule has 154 valence electrons. The third-order valence-corrected chi connectivity index (χ3v) is 6.05. The standard InChI is InChI=1S/C24H27N5O/c1-27(2)20-11-6-8-18(16-20)21-12-7-15-28(21)24(30)22-25-23(17-13-14-17)29(26-22)19-9-4-3-5-10-19/h3-6,8-11,16-17,21H,7,12-15H2,1-2H3. The number of nitrogens with zero attached hydrogens (tertiary/aromatic N) is 5. The molecule has 0 spiro atoms. The van der Waals surface area contributed by atoms with E-state index >= 15 is 0 Å². The number of hydrogen-bond acceptors (Lipinski definition) is 4. The number of likely N-dealkylation sites (tertiary alicyclic amines) is 1. The minimum absolute atomic E-state index is 0.0654. The second kappa shape index (κ2) is 7.59. The smallest absolute Gasteiger partial charge is 0.294 e. The summed E-state index contributed by atoms with van der Waals surface area (Å²) in [7, 11) is 4.08. The second-order valence-corrected chi connectivity index (χ2v) is 8.46. The van der Waals surface area contributed by atoms with E-state index in [1.165, 1.54) is 5.56 Å². The molecule has 1 aromatic heterocycles. The summed E-state index contributed by atoms with van der Waals surface area (Å²) in [4.78, 5) is 22.2. The number of aromatic nitrogens is 3. The molecule has 6 nitrogen and oxygen atoms in total. The van der Waals surface area contributed by atoms with E-state index in [-0.39, 0.29) is 11.9 Å². The van der Waals surface area contributed by atoms with Gasteiger partial charge in [-0.3, -0.25) is 4.79 Å². The van der Waals surface area contributed by atoms with Crippen LogP contribution in [0.15, 0.2) is 54.6 Å². The van der Waals surface area contributed by atoms with Crippen LogP contribution in [-0.2, 0) is 0 Å². The first-order valence-electron chi connectivity index (χ1n) is 10.7. The summed E-state index contributed by atoms with van der Waals surface area (Å²) in [5.74, 6) is 1.57. The van der Waals surface area contributed by atoms with Gasteiger partial charge < -0.3 is 9.80 Å². The van der Waals surface area contributed by atoms with Gasteiger partial charge >= 0.3 is 0 Å². The van der Waals surface area contributed by atoms with E-state index in [2.05, 4.69) is 34.3 Å². The number of anilines is 1. The van der Waals surface area contributed by atoms with Crippen LogP contribution in [0.4, 0.5) is 5.69 Å². The van der Waals surface area contributed by atoms with Gasteiger partial charge in [0, 0.05) is 32.2 Å². The molecule has 1 saturated heterocycles. The summed E-state index contributed by atoms with van der Waals surface area (Å²) < 4.78 is 1.86. The molecule has 2 aliphatic rings. The highest BCUT2D eigenvalue weighted by atomic mass is 16.2. The summed E-state index contributed by atoms with van der Waals surface area (Å²) in [6.45, 7) is 0.744. The molecular formula is C24H27N5O. The molecule has 1 amide bonds. The van der Waals surface area contributed by atoms with Crippen LogP contribution in [0.2, 0.25) is 0 Å². The number of para-hydroxylation sites is 1. The van der Waals surface area contributed by atoms with Gasteiger partial charge in [-0.15, -0.1) is 5.10 Å². The third-order valence-electron chi connectivity index (χ3n) is 6.05. The van der Waals surface area contributed by atoms with Crippen LogP contribution in [0.1, 0.15) is 59.6 Å². The van der Waals surface area contributed by atoms with E-state index in [9.17, 15) is 4.79 Å². The normalized spacial score (nSPS) is 18.6. The van der Waals surface area contributed by atoms with Crippen molar-refractivity contribution in [3.05, 3.63) is 71.8 Å². The number of benzene rings is 2. The summed E-state index contributed by atoms with van der Waals surface area (Å²) >= 11 is 0. The molecule has 2 heterocycles. The van der Waals surface area contributed by atoms with Gasteiger partial charge in [0.25, 0.3) is 5.91 Å². The molecule has 30 heavy (non-hydrogen) atoms. The molecular weight excluding hydrogens is 374 g/mol. The van der Waals surface area contributed by atoms with Crippen LogP contribution < -0.4 is 4.90 Å².